The molecule has 0 aromatic carbocycles. The molecule has 0 unspecified atom stereocenters. The van der Waals surface area contributed by atoms with Gasteiger partial charge in [-0.3, -0.25) is 0 Å². The number of aliphatic hydroxyl groups is 1. The summed E-state index contributed by atoms with van der Waals surface area (Å²) in [6.45, 7) is 3.54. The zero-order valence-corrected chi connectivity index (χ0v) is 10.0. The van der Waals surface area contributed by atoms with E-state index >= 15 is 0 Å². The summed E-state index contributed by atoms with van der Waals surface area (Å²) >= 11 is 0. The summed E-state index contributed by atoms with van der Waals surface area (Å²) in [6.07, 6.45) is 7.21. The van der Waals surface area contributed by atoms with E-state index in [0.29, 0.717) is 12.0 Å². The average molecular weight is 214 g/mol. The molecule has 3 N–H and O–H groups in total. The van der Waals surface area contributed by atoms with Crippen molar-refractivity contribution in [2.24, 2.45) is 11.1 Å². The van der Waals surface area contributed by atoms with Gasteiger partial charge in [-0.2, -0.15) is 0 Å². The van der Waals surface area contributed by atoms with Crippen LogP contribution in [0.3, 0.4) is 0 Å². The fraction of sp³-hybridized carbons (Fsp3) is 1.00. The Kier molecular flexibility index (Phi) is 5.58. The van der Waals surface area contributed by atoms with Gasteiger partial charge in [0.2, 0.25) is 0 Å². The molecule has 0 aliphatic heterocycles. The number of nitrogens with zero attached hydrogens (tertiary/aromatic N) is 1. The van der Waals surface area contributed by atoms with Gasteiger partial charge in [0.25, 0.3) is 0 Å². The molecule has 0 amide bonds. The van der Waals surface area contributed by atoms with Crippen LogP contribution in [-0.2, 0) is 0 Å². The Hall–Kier alpha value is -0.120. The van der Waals surface area contributed by atoms with Crippen molar-refractivity contribution in [2.45, 2.75) is 38.5 Å². The Morgan fingerprint density at radius 3 is 2.53 bits per heavy atom. The van der Waals surface area contributed by atoms with Crippen molar-refractivity contribution >= 4 is 0 Å². The maximum absolute atomic E-state index is 8.67. The predicted molar refractivity (Wildman–Crippen MR) is 63.8 cm³/mol. The average Bonchev–Trinajstić information content (AvgIpc) is 2.93. The fourth-order valence-electron chi connectivity index (χ4n) is 2.29. The molecule has 0 atom stereocenters. The Balaban J connectivity index is 2.05. The van der Waals surface area contributed by atoms with E-state index in [1.165, 1.54) is 32.2 Å². The van der Waals surface area contributed by atoms with Crippen molar-refractivity contribution in [1.29, 1.82) is 0 Å². The highest BCUT2D eigenvalue weighted by molar-refractivity contribution is 4.95. The van der Waals surface area contributed by atoms with Crippen LogP contribution in [0.1, 0.15) is 38.5 Å². The first-order valence-electron chi connectivity index (χ1n) is 6.22. The van der Waals surface area contributed by atoms with Crippen molar-refractivity contribution in [3.63, 3.8) is 0 Å². The Labute approximate surface area is 93.6 Å². The third-order valence-corrected chi connectivity index (χ3v) is 3.44. The fourth-order valence-corrected chi connectivity index (χ4v) is 2.29. The van der Waals surface area contributed by atoms with E-state index in [1.807, 2.05) is 0 Å². The second kappa shape index (κ2) is 6.46. The maximum Gasteiger partial charge on any atom is 0.0431 e. The highest BCUT2D eigenvalue weighted by Gasteiger charge is 2.41. The standard InChI is InChI=1S/C12H26N2O/c1-14(9-3-2-4-10-15)11-12(5-6-12)7-8-13/h15H,2-11,13H2,1H3. The first-order valence-corrected chi connectivity index (χ1v) is 6.22. The molecular weight excluding hydrogens is 188 g/mol. The first-order chi connectivity index (χ1) is 7.22. The summed E-state index contributed by atoms with van der Waals surface area (Å²) in [5.41, 5.74) is 6.19. The van der Waals surface area contributed by atoms with E-state index < -0.39 is 0 Å². The number of hydrogen-bond acceptors (Lipinski definition) is 3. The summed E-state index contributed by atoms with van der Waals surface area (Å²) in [4.78, 5) is 2.43. The molecule has 1 fully saturated rings. The number of unbranched alkanes of at least 4 members (excludes halogenated alkanes) is 2. The Morgan fingerprint density at radius 2 is 2.00 bits per heavy atom. The van der Waals surface area contributed by atoms with Gasteiger partial charge in [0.15, 0.2) is 0 Å². The molecule has 0 radical (unpaired) electrons. The monoisotopic (exact) mass is 214 g/mol. The van der Waals surface area contributed by atoms with Crippen LogP contribution >= 0.6 is 0 Å². The van der Waals surface area contributed by atoms with Gasteiger partial charge in [-0.1, -0.05) is 0 Å². The van der Waals surface area contributed by atoms with E-state index in [4.69, 9.17) is 10.8 Å². The summed E-state index contributed by atoms with van der Waals surface area (Å²) in [5, 5.41) is 8.67. The largest absolute Gasteiger partial charge is 0.396 e. The predicted octanol–water partition coefficient (Wildman–Crippen LogP) is 1.21. The van der Waals surface area contributed by atoms with Gasteiger partial charge in [0.05, 0.1) is 0 Å². The molecule has 1 rings (SSSR count). The van der Waals surface area contributed by atoms with Gasteiger partial charge in [-0.25, -0.2) is 0 Å². The van der Waals surface area contributed by atoms with Crippen LogP contribution in [0.5, 0.6) is 0 Å². The molecule has 3 nitrogen and oxygen atoms in total. The minimum absolute atomic E-state index is 0.334. The lowest BCUT2D eigenvalue weighted by Gasteiger charge is -2.23. The van der Waals surface area contributed by atoms with Crippen molar-refractivity contribution < 1.29 is 5.11 Å². The van der Waals surface area contributed by atoms with Crippen LogP contribution in [0.25, 0.3) is 0 Å². The van der Waals surface area contributed by atoms with Gasteiger partial charge in [-0.15, -0.1) is 0 Å². The minimum Gasteiger partial charge on any atom is -0.396 e. The minimum atomic E-state index is 0.334. The van der Waals surface area contributed by atoms with Crippen LogP contribution in [0.2, 0.25) is 0 Å². The SMILES string of the molecule is CN(CCCCCO)CC1(CCN)CC1. The van der Waals surface area contributed by atoms with Crippen molar-refractivity contribution in [2.75, 3.05) is 33.3 Å². The number of aliphatic hydroxyl groups excluding tert-OH is 1. The Bertz CT molecular complexity index is 169. The second-order valence-corrected chi connectivity index (χ2v) is 5.06. The van der Waals surface area contributed by atoms with Crippen molar-refractivity contribution in [3.8, 4) is 0 Å². The van der Waals surface area contributed by atoms with Gasteiger partial charge in [0, 0.05) is 13.2 Å². The maximum atomic E-state index is 8.67. The molecule has 1 aliphatic carbocycles. The smallest absolute Gasteiger partial charge is 0.0431 e. The van der Waals surface area contributed by atoms with Gasteiger partial charge in [-0.05, 0) is 64.1 Å². The molecule has 3 heteroatoms. The quantitative estimate of drug-likeness (QED) is 0.567. The molecule has 0 aromatic heterocycles. The topological polar surface area (TPSA) is 49.5 Å². The highest BCUT2D eigenvalue weighted by atomic mass is 16.2. The zero-order chi connectivity index (χ0) is 11.1. The van der Waals surface area contributed by atoms with E-state index in [1.54, 1.807) is 0 Å². The lowest BCUT2D eigenvalue weighted by atomic mass is 10.0. The molecule has 0 spiro atoms. The normalized spacial score (nSPS) is 18.4. The molecule has 1 aliphatic rings. The first kappa shape index (κ1) is 12.9. The van der Waals surface area contributed by atoms with Crippen LogP contribution in [0.4, 0.5) is 0 Å². The molecule has 0 bridgehead atoms. The number of hydrogen-bond donors (Lipinski definition) is 2. The van der Waals surface area contributed by atoms with Crippen LogP contribution < -0.4 is 5.73 Å². The summed E-state index contributed by atoms with van der Waals surface area (Å²) in [6, 6.07) is 0. The third-order valence-electron chi connectivity index (χ3n) is 3.44. The van der Waals surface area contributed by atoms with Crippen molar-refractivity contribution in [1.82, 2.24) is 4.90 Å². The Morgan fingerprint density at radius 1 is 1.27 bits per heavy atom. The number of rotatable bonds is 9. The van der Waals surface area contributed by atoms with Gasteiger partial charge in [0.1, 0.15) is 0 Å². The van der Waals surface area contributed by atoms with Crippen LogP contribution in [0, 0.1) is 5.41 Å². The zero-order valence-electron chi connectivity index (χ0n) is 10.0. The van der Waals surface area contributed by atoms with Gasteiger partial charge < -0.3 is 15.7 Å². The summed E-state index contributed by atoms with van der Waals surface area (Å²) in [7, 11) is 2.20. The highest BCUT2D eigenvalue weighted by Crippen LogP contribution is 2.48. The van der Waals surface area contributed by atoms with Gasteiger partial charge >= 0.3 is 0 Å². The van der Waals surface area contributed by atoms with Crippen molar-refractivity contribution in [3.05, 3.63) is 0 Å². The molecule has 0 heterocycles. The number of nitrogens with two attached hydrogens (primary N) is 1. The molecule has 90 valence electrons. The lowest BCUT2D eigenvalue weighted by molar-refractivity contribution is 0.241. The van der Waals surface area contributed by atoms with Crippen LogP contribution in [0.15, 0.2) is 0 Å². The molecule has 1 saturated carbocycles. The molecule has 15 heavy (non-hydrogen) atoms. The van der Waals surface area contributed by atoms with E-state index in [2.05, 4.69) is 11.9 Å². The third kappa shape index (κ3) is 4.96. The van der Waals surface area contributed by atoms with E-state index in [0.717, 1.165) is 25.9 Å². The lowest BCUT2D eigenvalue weighted by Crippen LogP contribution is -2.29. The van der Waals surface area contributed by atoms with E-state index in [-0.39, 0.29) is 0 Å². The molecular formula is C12H26N2O. The van der Waals surface area contributed by atoms with E-state index in [9.17, 15) is 0 Å². The summed E-state index contributed by atoms with van der Waals surface area (Å²) in [5.74, 6) is 0. The second-order valence-electron chi connectivity index (χ2n) is 5.06. The molecule has 0 aromatic rings. The summed E-state index contributed by atoms with van der Waals surface area (Å²) < 4.78 is 0. The van der Waals surface area contributed by atoms with Crippen LogP contribution in [-0.4, -0.2) is 43.3 Å². The molecule has 0 saturated heterocycles.